The van der Waals surface area contributed by atoms with Crippen LogP contribution in [0.1, 0.15) is 12.5 Å². The summed E-state index contributed by atoms with van der Waals surface area (Å²) in [5.74, 6) is 6.59. The Morgan fingerprint density at radius 2 is 1.80 bits per heavy atom. The molecule has 154 valence electrons. The summed E-state index contributed by atoms with van der Waals surface area (Å²) in [5, 5.41) is 0.463. The number of hydrogen-bond donors (Lipinski definition) is 0. The van der Waals surface area contributed by atoms with Gasteiger partial charge in [0.15, 0.2) is 5.17 Å². The lowest BCUT2D eigenvalue weighted by Crippen LogP contribution is -2.30. The van der Waals surface area contributed by atoms with E-state index in [2.05, 4.69) is 21.6 Å². The number of amides is 1. The van der Waals surface area contributed by atoms with Gasteiger partial charge in [-0.2, -0.15) is 8.78 Å². The van der Waals surface area contributed by atoms with Gasteiger partial charge in [0.05, 0.1) is 18.6 Å². The molecule has 3 rings (SSSR count). The van der Waals surface area contributed by atoms with Crippen LogP contribution in [0.5, 0.6) is 11.5 Å². The number of halogens is 2. The van der Waals surface area contributed by atoms with Crippen LogP contribution in [0.15, 0.2) is 59.2 Å². The van der Waals surface area contributed by atoms with Gasteiger partial charge in [-0.05, 0) is 55.0 Å². The molecule has 0 atom stereocenters. The van der Waals surface area contributed by atoms with Crippen molar-refractivity contribution in [2.24, 2.45) is 4.99 Å². The zero-order valence-corrected chi connectivity index (χ0v) is 17.1. The molecule has 0 radical (unpaired) electrons. The Bertz CT molecular complexity index is 1020. The van der Waals surface area contributed by atoms with Gasteiger partial charge in [-0.15, -0.1) is 5.92 Å². The molecule has 2 aromatic carbocycles. The van der Waals surface area contributed by atoms with Gasteiger partial charge in [0.2, 0.25) is 0 Å². The molecule has 1 aliphatic heterocycles. The van der Waals surface area contributed by atoms with Crippen molar-refractivity contribution in [2.45, 2.75) is 13.5 Å². The van der Waals surface area contributed by atoms with Crippen molar-refractivity contribution in [2.75, 3.05) is 17.8 Å². The monoisotopic (exact) mass is 428 g/mol. The summed E-state index contributed by atoms with van der Waals surface area (Å²) < 4.78 is 34.3. The molecule has 1 heterocycles. The first-order valence-electron chi connectivity index (χ1n) is 8.88. The number of methoxy groups -OCH3 is 1. The Morgan fingerprint density at radius 1 is 1.13 bits per heavy atom. The van der Waals surface area contributed by atoms with Crippen molar-refractivity contribution in [3.63, 3.8) is 0 Å². The Morgan fingerprint density at radius 3 is 2.40 bits per heavy atom. The molecule has 0 aliphatic carbocycles. The minimum absolute atomic E-state index is 0.0115. The smallest absolute Gasteiger partial charge is 0.387 e. The van der Waals surface area contributed by atoms with Crippen molar-refractivity contribution < 1.29 is 23.0 Å². The molecule has 0 bridgehead atoms. The van der Waals surface area contributed by atoms with Crippen molar-refractivity contribution in [1.29, 1.82) is 0 Å². The second kappa shape index (κ2) is 9.94. The number of anilines is 1. The van der Waals surface area contributed by atoms with Crippen LogP contribution in [0, 0.1) is 11.8 Å². The van der Waals surface area contributed by atoms with Crippen LogP contribution in [0.4, 0.5) is 14.5 Å². The topological polar surface area (TPSA) is 51.1 Å². The van der Waals surface area contributed by atoms with Crippen LogP contribution in [0.3, 0.4) is 0 Å². The number of nitrogens with zero attached hydrogens (tertiary/aromatic N) is 2. The molecule has 0 saturated carbocycles. The lowest BCUT2D eigenvalue weighted by molar-refractivity contribution is -0.113. The molecule has 5 nitrogen and oxygen atoms in total. The number of hydrogen-bond acceptors (Lipinski definition) is 5. The van der Waals surface area contributed by atoms with Crippen LogP contribution in [0.2, 0.25) is 0 Å². The van der Waals surface area contributed by atoms with Crippen LogP contribution < -0.4 is 14.4 Å². The van der Waals surface area contributed by atoms with Crippen molar-refractivity contribution in [3.8, 4) is 23.3 Å². The van der Waals surface area contributed by atoms with Gasteiger partial charge in [0.25, 0.3) is 5.91 Å². The highest BCUT2D eigenvalue weighted by Crippen LogP contribution is 2.31. The predicted octanol–water partition coefficient (Wildman–Crippen LogP) is 4.80. The molecule has 30 heavy (non-hydrogen) atoms. The fraction of sp³-hybridized carbons (Fsp3) is 0.182. The van der Waals surface area contributed by atoms with E-state index >= 15 is 0 Å². The Balaban J connectivity index is 1.90. The number of thioether (sulfide) groups is 1. The number of amidine groups is 1. The number of ether oxygens (including phenoxy) is 2. The summed E-state index contributed by atoms with van der Waals surface area (Å²) in [6.45, 7) is -1.18. The first-order valence-corrected chi connectivity index (χ1v) is 9.86. The number of rotatable bonds is 6. The van der Waals surface area contributed by atoms with E-state index < -0.39 is 6.61 Å². The molecule has 1 amide bonds. The SMILES string of the molecule is CC#CCSC1=N/C(=C\c2ccc(OC)cc2)C(=O)N1c1ccc(OC(F)F)cc1. The van der Waals surface area contributed by atoms with Crippen molar-refractivity contribution in [3.05, 3.63) is 59.8 Å². The van der Waals surface area contributed by atoms with E-state index in [4.69, 9.17) is 4.74 Å². The zero-order chi connectivity index (χ0) is 21.5. The molecular formula is C22H18F2N2O3S. The Labute approximate surface area is 177 Å². The number of alkyl halides is 2. The van der Waals surface area contributed by atoms with Gasteiger partial charge < -0.3 is 9.47 Å². The minimum Gasteiger partial charge on any atom is -0.497 e. The van der Waals surface area contributed by atoms with Crippen LogP contribution >= 0.6 is 11.8 Å². The van der Waals surface area contributed by atoms with E-state index in [0.717, 1.165) is 5.56 Å². The summed E-state index contributed by atoms with van der Waals surface area (Å²) in [7, 11) is 1.58. The maximum atomic E-state index is 13.1. The quantitative estimate of drug-likeness (QED) is 0.490. The lowest BCUT2D eigenvalue weighted by atomic mass is 10.2. The second-order valence-corrected chi connectivity index (χ2v) is 6.87. The third-order valence-corrected chi connectivity index (χ3v) is 4.84. The highest BCUT2D eigenvalue weighted by atomic mass is 32.2. The Hall–Kier alpha value is -3.31. The molecule has 8 heteroatoms. The van der Waals surface area contributed by atoms with E-state index in [1.807, 2.05) is 12.1 Å². The number of benzene rings is 2. The summed E-state index contributed by atoms with van der Waals surface area (Å²) in [4.78, 5) is 19.0. The molecule has 0 aromatic heterocycles. The fourth-order valence-corrected chi connectivity index (χ4v) is 3.45. The van der Waals surface area contributed by atoms with E-state index in [9.17, 15) is 13.6 Å². The second-order valence-electron chi connectivity index (χ2n) is 5.93. The van der Waals surface area contributed by atoms with Crippen molar-refractivity contribution >= 4 is 34.6 Å². The average Bonchev–Trinajstić information content (AvgIpc) is 3.04. The van der Waals surface area contributed by atoms with Gasteiger partial charge in [-0.25, -0.2) is 4.99 Å². The van der Waals surface area contributed by atoms with Gasteiger partial charge in [0.1, 0.15) is 17.2 Å². The van der Waals surface area contributed by atoms with Gasteiger partial charge in [0, 0.05) is 0 Å². The highest BCUT2D eigenvalue weighted by molar-refractivity contribution is 8.14. The first kappa shape index (κ1) is 21.4. The maximum absolute atomic E-state index is 13.1. The molecule has 0 N–H and O–H groups in total. The standard InChI is InChI=1S/C22H18F2N2O3S/c1-3-4-13-30-22-25-19(14-15-5-9-17(28-2)10-6-15)20(27)26(22)16-7-11-18(12-8-16)29-21(23)24/h5-12,14,21H,13H2,1-2H3/b19-14-. The largest absolute Gasteiger partial charge is 0.497 e. The normalized spacial score (nSPS) is 14.6. The van der Waals surface area contributed by atoms with Crippen LogP contribution in [-0.2, 0) is 4.79 Å². The fourth-order valence-electron chi connectivity index (χ4n) is 2.63. The van der Waals surface area contributed by atoms with E-state index in [1.54, 1.807) is 32.2 Å². The molecule has 0 unspecified atom stereocenters. The zero-order valence-electron chi connectivity index (χ0n) is 16.3. The molecular weight excluding hydrogens is 410 g/mol. The van der Waals surface area contributed by atoms with Crippen LogP contribution in [-0.4, -0.2) is 30.5 Å². The number of carbonyl (C=O) groups is 1. The average molecular weight is 428 g/mol. The summed E-state index contributed by atoms with van der Waals surface area (Å²) in [5.41, 5.74) is 1.55. The third kappa shape index (κ3) is 5.19. The van der Waals surface area contributed by atoms with E-state index in [-0.39, 0.29) is 17.4 Å². The van der Waals surface area contributed by atoms with Gasteiger partial charge >= 0.3 is 6.61 Å². The van der Waals surface area contributed by atoms with E-state index in [1.165, 1.54) is 40.9 Å². The van der Waals surface area contributed by atoms with Crippen molar-refractivity contribution in [1.82, 2.24) is 0 Å². The minimum atomic E-state index is -2.91. The molecule has 0 saturated heterocycles. The van der Waals surface area contributed by atoms with Gasteiger partial charge in [-0.3, -0.25) is 9.69 Å². The molecule has 0 fully saturated rings. The number of aliphatic imine (C=N–C) groups is 1. The third-order valence-electron chi connectivity index (χ3n) is 4.02. The predicted molar refractivity (Wildman–Crippen MR) is 115 cm³/mol. The number of carbonyl (C=O) groups excluding carboxylic acids is 1. The first-order chi connectivity index (χ1) is 14.5. The summed E-state index contributed by atoms with van der Waals surface area (Å²) >= 11 is 1.32. The Kier molecular flexibility index (Phi) is 7.09. The highest BCUT2D eigenvalue weighted by Gasteiger charge is 2.31. The molecule has 0 spiro atoms. The summed E-state index contributed by atoms with van der Waals surface area (Å²) in [6, 6.07) is 13.1. The summed E-state index contributed by atoms with van der Waals surface area (Å²) in [6.07, 6.45) is 1.68. The van der Waals surface area contributed by atoms with Crippen LogP contribution in [0.25, 0.3) is 6.08 Å². The lowest BCUT2D eigenvalue weighted by Gasteiger charge is -2.17. The van der Waals surface area contributed by atoms with Gasteiger partial charge in [-0.1, -0.05) is 29.8 Å². The maximum Gasteiger partial charge on any atom is 0.387 e. The molecule has 1 aliphatic rings. The molecule has 2 aromatic rings. The van der Waals surface area contributed by atoms with E-state index in [0.29, 0.717) is 22.4 Å².